The lowest BCUT2D eigenvalue weighted by atomic mass is 9.99. The Labute approximate surface area is 86.4 Å². The first-order valence-corrected chi connectivity index (χ1v) is 5.57. The molecule has 2 aliphatic rings. The fraction of sp³-hybridized carbons (Fsp3) is 1.00. The van der Waals surface area contributed by atoms with Crippen LogP contribution in [0.5, 0.6) is 0 Å². The van der Waals surface area contributed by atoms with E-state index in [1.807, 2.05) is 0 Å². The van der Waals surface area contributed by atoms with Gasteiger partial charge < -0.3 is 9.47 Å². The zero-order chi connectivity index (χ0) is 10.3. The molecule has 0 saturated carbocycles. The Morgan fingerprint density at radius 2 is 1.86 bits per heavy atom. The van der Waals surface area contributed by atoms with Crippen LogP contribution in [0.15, 0.2) is 0 Å². The van der Waals surface area contributed by atoms with E-state index < -0.39 is 0 Å². The van der Waals surface area contributed by atoms with E-state index in [9.17, 15) is 0 Å². The average molecular weight is 199 g/mol. The summed E-state index contributed by atoms with van der Waals surface area (Å²) in [5.74, 6) is 0.650. The van der Waals surface area contributed by atoms with Gasteiger partial charge in [0.05, 0.1) is 19.8 Å². The topological polar surface area (TPSA) is 21.7 Å². The lowest BCUT2D eigenvalue weighted by molar-refractivity contribution is -0.250. The minimum atomic E-state index is -0.0803. The molecule has 82 valence electrons. The summed E-state index contributed by atoms with van der Waals surface area (Å²) in [5.41, 5.74) is -0.0803. The standard InChI is InChI=1S/C11H21NO2/c1-8(2)10-5-14-11(6-13-7-11)12(10)9(3)4/h8-10H,5-7H2,1-4H3/t10-/m0/s1. The molecule has 2 fully saturated rings. The molecule has 2 rings (SSSR count). The molecule has 0 unspecified atom stereocenters. The third kappa shape index (κ3) is 1.38. The molecule has 1 spiro atoms. The summed E-state index contributed by atoms with van der Waals surface area (Å²) in [5, 5.41) is 0. The zero-order valence-corrected chi connectivity index (χ0v) is 9.62. The summed E-state index contributed by atoms with van der Waals surface area (Å²) in [6.07, 6.45) is 0. The molecule has 3 nitrogen and oxygen atoms in total. The molecule has 3 heteroatoms. The molecule has 14 heavy (non-hydrogen) atoms. The van der Waals surface area contributed by atoms with Gasteiger partial charge in [-0.2, -0.15) is 0 Å². The van der Waals surface area contributed by atoms with E-state index in [0.29, 0.717) is 18.0 Å². The van der Waals surface area contributed by atoms with Crippen LogP contribution in [-0.2, 0) is 9.47 Å². The molecule has 0 amide bonds. The minimum Gasteiger partial charge on any atom is -0.372 e. The van der Waals surface area contributed by atoms with Crippen LogP contribution in [0, 0.1) is 5.92 Å². The fourth-order valence-electron chi connectivity index (χ4n) is 2.57. The van der Waals surface area contributed by atoms with Crippen molar-refractivity contribution in [3.05, 3.63) is 0 Å². The molecule has 2 aliphatic heterocycles. The van der Waals surface area contributed by atoms with Crippen molar-refractivity contribution >= 4 is 0 Å². The Kier molecular flexibility index (Phi) is 2.58. The van der Waals surface area contributed by atoms with E-state index >= 15 is 0 Å². The van der Waals surface area contributed by atoms with Gasteiger partial charge in [0, 0.05) is 12.1 Å². The molecule has 1 atom stereocenters. The van der Waals surface area contributed by atoms with Crippen molar-refractivity contribution in [2.75, 3.05) is 19.8 Å². The van der Waals surface area contributed by atoms with Gasteiger partial charge in [-0.1, -0.05) is 13.8 Å². The maximum Gasteiger partial charge on any atom is 0.169 e. The van der Waals surface area contributed by atoms with E-state index in [4.69, 9.17) is 9.47 Å². The van der Waals surface area contributed by atoms with Gasteiger partial charge in [-0.15, -0.1) is 0 Å². The largest absolute Gasteiger partial charge is 0.372 e. The Hall–Kier alpha value is -0.120. The van der Waals surface area contributed by atoms with Gasteiger partial charge >= 0.3 is 0 Å². The molecule has 0 bridgehead atoms. The van der Waals surface area contributed by atoms with Gasteiger partial charge in [0.2, 0.25) is 0 Å². The van der Waals surface area contributed by atoms with Crippen molar-refractivity contribution in [2.24, 2.45) is 5.92 Å². The van der Waals surface area contributed by atoms with Crippen molar-refractivity contribution in [2.45, 2.75) is 45.5 Å². The van der Waals surface area contributed by atoms with Gasteiger partial charge in [0.15, 0.2) is 5.72 Å². The molecule has 0 N–H and O–H groups in total. The number of hydrogen-bond donors (Lipinski definition) is 0. The van der Waals surface area contributed by atoms with E-state index in [0.717, 1.165) is 19.8 Å². The van der Waals surface area contributed by atoms with Crippen molar-refractivity contribution < 1.29 is 9.47 Å². The number of nitrogens with zero attached hydrogens (tertiary/aromatic N) is 1. The van der Waals surface area contributed by atoms with E-state index in [2.05, 4.69) is 32.6 Å². The second-order valence-electron chi connectivity index (χ2n) is 5.06. The van der Waals surface area contributed by atoms with Crippen molar-refractivity contribution in [1.29, 1.82) is 0 Å². The molecule has 2 saturated heterocycles. The average Bonchev–Trinajstić information content (AvgIpc) is 2.41. The Bertz CT molecular complexity index is 211. The summed E-state index contributed by atoms with van der Waals surface area (Å²) >= 11 is 0. The third-order valence-electron chi connectivity index (χ3n) is 3.33. The Balaban J connectivity index is 2.16. The third-order valence-corrected chi connectivity index (χ3v) is 3.33. The Morgan fingerprint density at radius 1 is 1.21 bits per heavy atom. The van der Waals surface area contributed by atoms with Crippen LogP contribution >= 0.6 is 0 Å². The molecule has 0 aromatic carbocycles. The summed E-state index contributed by atoms with van der Waals surface area (Å²) < 4.78 is 11.2. The van der Waals surface area contributed by atoms with E-state index in [-0.39, 0.29) is 5.72 Å². The first-order valence-electron chi connectivity index (χ1n) is 5.57. The van der Waals surface area contributed by atoms with Crippen LogP contribution in [0.1, 0.15) is 27.7 Å². The number of hydrogen-bond acceptors (Lipinski definition) is 3. The van der Waals surface area contributed by atoms with Gasteiger partial charge in [0.25, 0.3) is 0 Å². The van der Waals surface area contributed by atoms with Crippen LogP contribution in [0.25, 0.3) is 0 Å². The molecule has 0 aliphatic carbocycles. The smallest absolute Gasteiger partial charge is 0.169 e. The molecule has 0 aromatic heterocycles. The first kappa shape index (κ1) is 10.4. The van der Waals surface area contributed by atoms with Gasteiger partial charge in [-0.3, -0.25) is 4.90 Å². The quantitative estimate of drug-likeness (QED) is 0.672. The fourth-order valence-corrected chi connectivity index (χ4v) is 2.57. The van der Waals surface area contributed by atoms with E-state index in [1.54, 1.807) is 0 Å². The lowest BCUT2D eigenvalue weighted by Crippen LogP contribution is -2.63. The highest BCUT2D eigenvalue weighted by molar-refractivity contribution is 4.99. The maximum atomic E-state index is 5.93. The lowest BCUT2D eigenvalue weighted by Gasteiger charge is -2.47. The van der Waals surface area contributed by atoms with Gasteiger partial charge in [-0.25, -0.2) is 0 Å². The van der Waals surface area contributed by atoms with Gasteiger partial charge in [-0.05, 0) is 19.8 Å². The molecule has 0 radical (unpaired) electrons. The summed E-state index contributed by atoms with van der Waals surface area (Å²) in [6.45, 7) is 11.4. The molecule has 2 heterocycles. The molecular weight excluding hydrogens is 178 g/mol. The maximum absolute atomic E-state index is 5.93. The molecule has 0 aromatic rings. The second-order valence-corrected chi connectivity index (χ2v) is 5.06. The normalized spacial score (nSPS) is 31.7. The highest BCUT2D eigenvalue weighted by Crippen LogP contribution is 2.38. The van der Waals surface area contributed by atoms with Crippen LogP contribution in [0.2, 0.25) is 0 Å². The SMILES string of the molecule is CC(C)[C@@H]1COC2(COC2)N1C(C)C. The van der Waals surface area contributed by atoms with Crippen LogP contribution < -0.4 is 0 Å². The summed E-state index contributed by atoms with van der Waals surface area (Å²) in [7, 11) is 0. The van der Waals surface area contributed by atoms with Crippen LogP contribution in [-0.4, -0.2) is 42.5 Å². The summed E-state index contributed by atoms with van der Waals surface area (Å²) in [4.78, 5) is 2.50. The molecular formula is C11H21NO2. The monoisotopic (exact) mass is 199 g/mol. The van der Waals surface area contributed by atoms with Crippen LogP contribution in [0.3, 0.4) is 0 Å². The van der Waals surface area contributed by atoms with Crippen LogP contribution in [0.4, 0.5) is 0 Å². The van der Waals surface area contributed by atoms with Crippen molar-refractivity contribution in [3.8, 4) is 0 Å². The second kappa shape index (κ2) is 3.47. The minimum absolute atomic E-state index is 0.0803. The Morgan fingerprint density at radius 3 is 2.21 bits per heavy atom. The van der Waals surface area contributed by atoms with Crippen molar-refractivity contribution in [1.82, 2.24) is 4.90 Å². The van der Waals surface area contributed by atoms with Gasteiger partial charge in [0.1, 0.15) is 0 Å². The number of rotatable bonds is 2. The van der Waals surface area contributed by atoms with E-state index in [1.165, 1.54) is 0 Å². The number of ether oxygens (including phenoxy) is 2. The highest BCUT2D eigenvalue weighted by atomic mass is 16.6. The predicted molar refractivity (Wildman–Crippen MR) is 55.1 cm³/mol. The highest BCUT2D eigenvalue weighted by Gasteiger charge is 2.54. The predicted octanol–water partition coefficient (Wildman–Crippen LogP) is 1.48. The van der Waals surface area contributed by atoms with Crippen molar-refractivity contribution in [3.63, 3.8) is 0 Å². The zero-order valence-electron chi connectivity index (χ0n) is 9.62. The summed E-state index contributed by atoms with van der Waals surface area (Å²) in [6, 6.07) is 1.09. The first-order chi connectivity index (χ1) is 6.57.